The van der Waals surface area contributed by atoms with E-state index in [0.29, 0.717) is 24.1 Å². The number of phenolic OH excluding ortho intramolecular Hbond substituents is 2. The fourth-order valence-corrected chi connectivity index (χ4v) is 4.31. The predicted octanol–water partition coefficient (Wildman–Crippen LogP) is 6.91. The minimum absolute atomic E-state index is 0.174. The summed E-state index contributed by atoms with van der Waals surface area (Å²) in [6, 6.07) is 20.9. The molecule has 38 heavy (non-hydrogen) atoms. The van der Waals surface area contributed by atoms with Crippen molar-refractivity contribution in [3.8, 4) is 11.5 Å². The molecule has 7 nitrogen and oxygen atoms in total. The summed E-state index contributed by atoms with van der Waals surface area (Å²) in [6.07, 6.45) is 3.36. The maximum atomic E-state index is 10.1. The smallest absolute Gasteiger partial charge is 0.141 e. The Labute approximate surface area is 225 Å². The lowest BCUT2D eigenvalue weighted by atomic mass is 10.1. The van der Waals surface area contributed by atoms with E-state index in [9.17, 15) is 10.2 Å². The van der Waals surface area contributed by atoms with Crippen LogP contribution in [0.5, 0.6) is 11.5 Å². The number of rotatable bonds is 6. The van der Waals surface area contributed by atoms with E-state index in [1.807, 2.05) is 96.4 Å². The number of hydrogen-bond acceptors (Lipinski definition) is 7. The van der Waals surface area contributed by atoms with Crippen LogP contribution in [0.1, 0.15) is 39.1 Å². The van der Waals surface area contributed by atoms with Crippen molar-refractivity contribution in [2.45, 2.75) is 40.8 Å². The second-order valence-corrected chi connectivity index (χ2v) is 8.34. The number of hydrogen-bond donors (Lipinski definition) is 2. The molecule has 0 aliphatic heterocycles. The van der Waals surface area contributed by atoms with E-state index >= 15 is 0 Å². The zero-order valence-corrected chi connectivity index (χ0v) is 23.1. The Bertz CT molecular complexity index is 1380. The van der Waals surface area contributed by atoms with Gasteiger partial charge in [-0.15, -0.1) is 0 Å². The van der Waals surface area contributed by atoms with Crippen molar-refractivity contribution in [3.05, 3.63) is 90.5 Å². The Balaban J connectivity index is 0.000000956. The molecule has 3 aromatic heterocycles. The molecule has 5 aromatic rings. The number of phenols is 2. The van der Waals surface area contributed by atoms with Crippen molar-refractivity contribution in [3.63, 3.8) is 0 Å². The molecule has 0 bridgehead atoms. The van der Waals surface area contributed by atoms with Gasteiger partial charge in [-0.2, -0.15) is 0 Å². The molecule has 0 spiro atoms. The van der Waals surface area contributed by atoms with Crippen LogP contribution in [0, 0.1) is 0 Å². The first-order valence-electron chi connectivity index (χ1n) is 13.0. The molecule has 2 N–H and O–H groups in total. The van der Waals surface area contributed by atoms with E-state index in [4.69, 9.17) is 4.98 Å². The van der Waals surface area contributed by atoms with Crippen molar-refractivity contribution in [2.24, 2.45) is 0 Å². The number of benzene rings is 2. The van der Waals surface area contributed by atoms with Crippen LogP contribution in [-0.2, 0) is 13.1 Å². The van der Waals surface area contributed by atoms with E-state index < -0.39 is 0 Å². The van der Waals surface area contributed by atoms with Crippen LogP contribution in [0.4, 0.5) is 11.4 Å². The molecule has 0 saturated heterocycles. The van der Waals surface area contributed by atoms with Gasteiger partial charge in [-0.1, -0.05) is 33.8 Å². The molecular weight excluding hydrogens is 474 g/mol. The zero-order chi connectivity index (χ0) is 27.7. The number of fused-ring (bicyclic) bond motifs is 2. The van der Waals surface area contributed by atoms with Crippen molar-refractivity contribution < 1.29 is 10.2 Å². The number of aromatic hydroxyl groups is 2. The van der Waals surface area contributed by atoms with Gasteiger partial charge in [0.25, 0.3) is 0 Å². The first-order valence-corrected chi connectivity index (χ1v) is 13.0. The maximum Gasteiger partial charge on any atom is 0.141 e. The highest BCUT2D eigenvalue weighted by atomic mass is 16.3. The highest BCUT2D eigenvalue weighted by molar-refractivity contribution is 5.96. The molecule has 0 unspecified atom stereocenters. The Morgan fingerprint density at radius 2 is 1.00 bits per heavy atom. The summed E-state index contributed by atoms with van der Waals surface area (Å²) in [5, 5.41) is 22.1. The molecule has 0 aliphatic rings. The number of pyridine rings is 3. The Morgan fingerprint density at radius 1 is 0.579 bits per heavy atom. The van der Waals surface area contributed by atoms with Gasteiger partial charge in [0.2, 0.25) is 0 Å². The van der Waals surface area contributed by atoms with Gasteiger partial charge >= 0.3 is 0 Å². The van der Waals surface area contributed by atoms with Gasteiger partial charge in [-0.3, -0.25) is 15.0 Å². The van der Waals surface area contributed by atoms with E-state index in [2.05, 4.69) is 19.8 Å². The topological polar surface area (TPSA) is 85.6 Å². The van der Waals surface area contributed by atoms with E-state index in [1.54, 1.807) is 24.5 Å². The lowest BCUT2D eigenvalue weighted by Gasteiger charge is -2.23. The van der Waals surface area contributed by atoms with Gasteiger partial charge in [0, 0.05) is 48.6 Å². The average molecular weight is 512 g/mol. The molecular formula is C31H37N5O2. The number of aromatic nitrogens is 3. The summed E-state index contributed by atoms with van der Waals surface area (Å²) in [7, 11) is 4.02. The minimum atomic E-state index is 0.174. The fraction of sp³-hybridized carbons (Fsp3) is 0.258. The minimum Gasteiger partial charge on any atom is -0.506 e. The van der Waals surface area contributed by atoms with Gasteiger partial charge in [0.15, 0.2) is 0 Å². The third kappa shape index (κ3) is 6.11. The van der Waals surface area contributed by atoms with Crippen LogP contribution in [0.3, 0.4) is 0 Å². The van der Waals surface area contributed by atoms with Gasteiger partial charge in [0.05, 0.1) is 24.5 Å². The number of anilines is 2. The third-order valence-corrected chi connectivity index (χ3v) is 5.94. The van der Waals surface area contributed by atoms with Crippen molar-refractivity contribution in [2.75, 3.05) is 23.9 Å². The molecule has 7 heteroatoms. The monoisotopic (exact) mass is 511 g/mol. The Kier molecular flexibility index (Phi) is 9.82. The van der Waals surface area contributed by atoms with Gasteiger partial charge in [0.1, 0.15) is 22.5 Å². The fourth-order valence-electron chi connectivity index (χ4n) is 4.31. The normalized spacial score (nSPS) is 10.3. The third-order valence-electron chi connectivity index (χ3n) is 5.94. The van der Waals surface area contributed by atoms with E-state index in [1.165, 1.54) is 0 Å². The van der Waals surface area contributed by atoms with Crippen molar-refractivity contribution in [1.29, 1.82) is 0 Å². The van der Waals surface area contributed by atoms with Crippen LogP contribution in [0.25, 0.3) is 21.8 Å². The molecule has 0 saturated carbocycles. The summed E-state index contributed by atoms with van der Waals surface area (Å²) in [5.41, 5.74) is 5.02. The van der Waals surface area contributed by atoms with Gasteiger partial charge in [-0.25, -0.2) is 0 Å². The Hall–Kier alpha value is -4.39. The van der Waals surface area contributed by atoms with Crippen molar-refractivity contribution in [1.82, 2.24) is 15.0 Å². The first kappa shape index (κ1) is 28.2. The summed E-state index contributed by atoms with van der Waals surface area (Å²) in [4.78, 5) is 17.7. The standard InChI is InChI=1S/C27H25N5O2.2C2H6/c1-31(22-10-12-24(33)26-20(22)8-4-14-28-26)16-18-6-3-7-19(30-18)17-32(2)23-11-13-25(34)27-21(23)9-5-15-29-27;2*1-2/h3-15,33-34H,16-17H2,1-2H3;2*1-2H3. The Morgan fingerprint density at radius 3 is 1.42 bits per heavy atom. The molecule has 0 fully saturated rings. The van der Waals surface area contributed by atoms with Crippen molar-refractivity contribution >= 4 is 33.2 Å². The molecule has 0 amide bonds. The molecule has 0 radical (unpaired) electrons. The number of nitrogens with zero attached hydrogens (tertiary/aromatic N) is 5. The lowest BCUT2D eigenvalue weighted by Crippen LogP contribution is -2.20. The predicted molar refractivity (Wildman–Crippen MR) is 158 cm³/mol. The van der Waals surface area contributed by atoms with Crippen LogP contribution in [-0.4, -0.2) is 39.3 Å². The maximum absolute atomic E-state index is 10.1. The van der Waals surface area contributed by atoms with Gasteiger partial charge in [-0.05, 0) is 60.7 Å². The van der Waals surface area contributed by atoms with Crippen LogP contribution in [0.15, 0.2) is 79.1 Å². The SMILES string of the molecule is CC.CC.CN(Cc1cccc(CN(C)c2ccc(O)c3ncccc23)n1)c1ccc(O)c2ncccc12. The molecule has 0 atom stereocenters. The highest BCUT2D eigenvalue weighted by Gasteiger charge is 2.13. The second-order valence-electron chi connectivity index (χ2n) is 8.34. The van der Waals surface area contributed by atoms with Crippen LogP contribution in [0.2, 0.25) is 0 Å². The van der Waals surface area contributed by atoms with Crippen LogP contribution >= 0.6 is 0 Å². The van der Waals surface area contributed by atoms with Crippen LogP contribution < -0.4 is 9.80 Å². The first-order chi connectivity index (χ1) is 18.5. The molecule has 0 aliphatic carbocycles. The average Bonchev–Trinajstić information content (AvgIpc) is 2.96. The summed E-state index contributed by atoms with van der Waals surface area (Å²) < 4.78 is 0. The lowest BCUT2D eigenvalue weighted by molar-refractivity contribution is 0.480. The largest absolute Gasteiger partial charge is 0.506 e. The molecule has 2 aromatic carbocycles. The van der Waals surface area contributed by atoms with Gasteiger partial charge < -0.3 is 20.0 Å². The molecule has 3 heterocycles. The van der Waals surface area contributed by atoms with E-state index in [-0.39, 0.29) is 11.5 Å². The zero-order valence-electron chi connectivity index (χ0n) is 23.1. The second kappa shape index (κ2) is 13.2. The molecule has 198 valence electrons. The summed E-state index contributed by atoms with van der Waals surface area (Å²) in [5.74, 6) is 0.348. The summed E-state index contributed by atoms with van der Waals surface area (Å²) >= 11 is 0. The van der Waals surface area contributed by atoms with E-state index in [0.717, 1.165) is 33.5 Å². The summed E-state index contributed by atoms with van der Waals surface area (Å²) in [6.45, 7) is 9.22. The quantitative estimate of drug-likeness (QED) is 0.256. The highest BCUT2D eigenvalue weighted by Crippen LogP contribution is 2.33. The molecule has 5 rings (SSSR count).